The Morgan fingerprint density at radius 1 is 1.04 bits per heavy atom. The van der Waals surface area contributed by atoms with Gasteiger partial charge in [-0.2, -0.15) is 0 Å². The van der Waals surface area contributed by atoms with Gasteiger partial charge in [-0.25, -0.2) is 8.42 Å². The van der Waals surface area contributed by atoms with Crippen LogP contribution in [0.15, 0.2) is 41.3 Å². The Hall–Kier alpha value is -1.23. The van der Waals surface area contributed by atoms with E-state index in [4.69, 9.17) is 4.74 Å². The molecule has 0 atom stereocenters. The molecule has 0 aromatic heterocycles. The first kappa shape index (κ1) is 21.5. The minimum Gasteiger partial charge on any atom is -0.495 e. The summed E-state index contributed by atoms with van der Waals surface area (Å²) < 4.78 is 34.8. The van der Waals surface area contributed by atoms with Crippen molar-refractivity contribution < 1.29 is 13.2 Å². The average molecular weight is 536 g/mol. The first-order chi connectivity index (χ1) is 13.0. The van der Waals surface area contributed by atoms with Crippen LogP contribution in [0.2, 0.25) is 0 Å². The minimum absolute atomic E-state index is 0. The largest absolute Gasteiger partial charge is 0.495 e. The summed E-state index contributed by atoms with van der Waals surface area (Å²) in [6, 6.07) is 11.1. The van der Waals surface area contributed by atoms with Gasteiger partial charge in [0.15, 0.2) is 0 Å². The standard InChI is InChI=1S/C19H22IN3O3S.ClH/c1-26-19-5-4-16(13-18(19)22-10-7-21-8-11-22)27(24,25)23-9-6-14-2-3-15(20)12-17(14)23;/h2-5,12-13,21H,6-11H2,1H3;1H. The summed E-state index contributed by atoms with van der Waals surface area (Å²) in [5, 5.41) is 3.32. The molecular weight excluding hydrogens is 513 g/mol. The van der Waals surface area contributed by atoms with Crippen molar-refractivity contribution >= 4 is 56.4 Å². The minimum atomic E-state index is -3.62. The zero-order chi connectivity index (χ0) is 19.0. The van der Waals surface area contributed by atoms with Crippen molar-refractivity contribution in [1.29, 1.82) is 0 Å². The Labute approximate surface area is 185 Å². The van der Waals surface area contributed by atoms with Gasteiger partial charge in [-0.05, 0) is 64.9 Å². The number of ether oxygens (including phenoxy) is 1. The van der Waals surface area contributed by atoms with E-state index in [9.17, 15) is 8.42 Å². The lowest BCUT2D eigenvalue weighted by Crippen LogP contribution is -2.43. The molecule has 2 heterocycles. The normalized spacial score (nSPS) is 16.5. The molecule has 28 heavy (non-hydrogen) atoms. The molecule has 6 nitrogen and oxygen atoms in total. The molecular formula is C19H23ClIN3O3S. The Balaban J connectivity index is 0.00000225. The van der Waals surface area contributed by atoms with E-state index in [1.165, 1.54) is 4.31 Å². The van der Waals surface area contributed by atoms with Gasteiger partial charge < -0.3 is 15.0 Å². The van der Waals surface area contributed by atoms with Crippen LogP contribution in [0.4, 0.5) is 11.4 Å². The number of rotatable bonds is 4. The predicted molar refractivity (Wildman–Crippen MR) is 123 cm³/mol. The van der Waals surface area contributed by atoms with E-state index in [1.807, 2.05) is 18.2 Å². The van der Waals surface area contributed by atoms with Crippen LogP contribution in [0.1, 0.15) is 5.56 Å². The van der Waals surface area contributed by atoms with Crippen molar-refractivity contribution in [3.05, 3.63) is 45.5 Å². The number of sulfonamides is 1. The highest BCUT2D eigenvalue weighted by molar-refractivity contribution is 14.1. The molecule has 2 aromatic rings. The molecule has 0 saturated carbocycles. The number of nitrogens with zero attached hydrogens (tertiary/aromatic N) is 2. The lowest BCUT2D eigenvalue weighted by Gasteiger charge is -2.31. The Morgan fingerprint density at radius 3 is 2.50 bits per heavy atom. The topological polar surface area (TPSA) is 61.9 Å². The molecule has 1 fully saturated rings. The van der Waals surface area contributed by atoms with E-state index in [-0.39, 0.29) is 12.4 Å². The molecule has 1 saturated heterocycles. The average Bonchev–Trinajstić information content (AvgIpc) is 3.12. The molecule has 2 aliphatic rings. The van der Waals surface area contributed by atoms with E-state index in [0.29, 0.717) is 17.2 Å². The van der Waals surface area contributed by atoms with Gasteiger partial charge in [-0.3, -0.25) is 4.31 Å². The van der Waals surface area contributed by atoms with Crippen LogP contribution < -0.4 is 19.3 Å². The predicted octanol–water partition coefficient (Wildman–Crippen LogP) is 2.88. The number of hydrogen-bond donors (Lipinski definition) is 1. The lowest BCUT2D eigenvalue weighted by atomic mass is 10.2. The van der Waals surface area contributed by atoms with E-state index < -0.39 is 10.0 Å². The second-order valence-corrected chi connectivity index (χ2v) is 9.78. The molecule has 0 radical (unpaired) electrons. The molecule has 0 bridgehead atoms. The molecule has 4 rings (SSSR count). The zero-order valence-corrected chi connectivity index (χ0v) is 19.3. The van der Waals surface area contributed by atoms with Gasteiger partial charge in [0.1, 0.15) is 5.75 Å². The summed E-state index contributed by atoms with van der Waals surface area (Å²) in [4.78, 5) is 2.48. The van der Waals surface area contributed by atoms with Crippen LogP contribution in [0.25, 0.3) is 0 Å². The van der Waals surface area contributed by atoms with Crippen molar-refractivity contribution in [1.82, 2.24) is 5.32 Å². The van der Waals surface area contributed by atoms with Gasteiger partial charge in [0.25, 0.3) is 10.0 Å². The van der Waals surface area contributed by atoms with Crippen LogP contribution >= 0.6 is 35.0 Å². The van der Waals surface area contributed by atoms with Crippen molar-refractivity contribution in [2.75, 3.05) is 49.0 Å². The highest BCUT2D eigenvalue weighted by atomic mass is 127. The van der Waals surface area contributed by atoms with Gasteiger partial charge in [0.05, 0.1) is 23.4 Å². The number of fused-ring (bicyclic) bond motifs is 1. The van der Waals surface area contributed by atoms with E-state index in [0.717, 1.165) is 53.1 Å². The van der Waals surface area contributed by atoms with Crippen molar-refractivity contribution in [3.8, 4) is 5.75 Å². The molecule has 9 heteroatoms. The second-order valence-electron chi connectivity index (χ2n) is 6.67. The van der Waals surface area contributed by atoms with Crippen LogP contribution in [-0.2, 0) is 16.4 Å². The Kier molecular flexibility index (Phi) is 6.63. The van der Waals surface area contributed by atoms with E-state index >= 15 is 0 Å². The number of nitrogens with one attached hydrogen (secondary N) is 1. The van der Waals surface area contributed by atoms with Crippen LogP contribution in [-0.4, -0.2) is 48.3 Å². The molecule has 0 spiro atoms. The SMILES string of the molecule is COc1ccc(S(=O)(=O)N2CCc3ccc(I)cc32)cc1N1CCNCC1.Cl. The van der Waals surface area contributed by atoms with Crippen LogP contribution in [0.5, 0.6) is 5.75 Å². The number of piperazine rings is 1. The second kappa shape index (κ2) is 8.64. The smallest absolute Gasteiger partial charge is 0.264 e. The number of anilines is 2. The maximum Gasteiger partial charge on any atom is 0.264 e. The molecule has 1 N–H and O–H groups in total. The summed E-state index contributed by atoms with van der Waals surface area (Å²) in [7, 11) is -2.00. The number of hydrogen-bond acceptors (Lipinski definition) is 5. The summed E-state index contributed by atoms with van der Waals surface area (Å²) in [6.45, 7) is 3.87. The third kappa shape index (κ3) is 3.92. The lowest BCUT2D eigenvalue weighted by molar-refractivity contribution is 0.412. The third-order valence-electron chi connectivity index (χ3n) is 5.10. The molecule has 2 aliphatic heterocycles. The molecule has 0 amide bonds. The fourth-order valence-corrected chi connectivity index (χ4v) is 5.67. The van der Waals surface area contributed by atoms with Gasteiger partial charge in [0.2, 0.25) is 0 Å². The first-order valence-corrected chi connectivity index (χ1v) is 11.5. The molecule has 0 aliphatic carbocycles. The summed E-state index contributed by atoms with van der Waals surface area (Å²) in [5.41, 5.74) is 2.71. The maximum absolute atomic E-state index is 13.4. The van der Waals surface area contributed by atoms with Crippen molar-refractivity contribution in [2.45, 2.75) is 11.3 Å². The van der Waals surface area contributed by atoms with Crippen molar-refractivity contribution in [3.63, 3.8) is 0 Å². The first-order valence-electron chi connectivity index (χ1n) is 8.95. The summed E-state index contributed by atoms with van der Waals surface area (Å²) >= 11 is 2.22. The van der Waals surface area contributed by atoms with Crippen LogP contribution in [0.3, 0.4) is 0 Å². The number of methoxy groups -OCH3 is 1. The summed E-state index contributed by atoms with van der Waals surface area (Å²) in [6.07, 6.45) is 0.742. The number of benzene rings is 2. The molecule has 152 valence electrons. The van der Waals surface area contributed by atoms with Gasteiger partial charge >= 0.3 is 0 Å². The highest BCUT2D eigenvalue weighted by Crippen LogP contribution is 2.37. The Morgan fingerprint density at radius 2 is 1.79 bits per heavy atom. The van der Waals surface area contributed by atoms with E-state index in [2.05, 4.69) is 32.8 Å². The third-order valence-corrected chi connectivity index (χ3v) is 7.58. The van der Waals surface area contributed by atoms with Gasteiger partial charge in [-0.15, -0.1) is 12.4 Å². The van der Waals surface area contributed by atoms with Crippen molar-refractivity contribution in [2.24, 2.45) is 0 Å². The zero-order valence-electron chi connectivity index (χ0n) is 15.5. The van der Waals surface area contributed by atoms with E-state index in [1.54, 1.807) is 25.3 Å². The molecule has 0 unspecified atom stereocenters. The number of halogens is 2. The Bertz CT molecular complexity index is 965. The molecule has 2 aromatic carbocycles. The fraction of sp³-hybridized carbons (Fsp3) is 0.368. The quantitative estimate of drug-likeness (QED) is 0.610. The van der Waals surface area contributed by atoms with Gasteiger partial charge in [-0.1, -0.05) is 6.07 Å². The monoisotopic (exact) mass is 535 g/mol. The fourth-order valence-electron chi connectivity index (χ4n) is 3.68. The summed E-state index contributed by atoms with van der Waals surface area (Å²) in [5.74, 6) is 0.701. The van der Waals surface area contributed by atoms with Gasteiger partial charge in [0, 0.05) is 36.3 Å². The van der Waals surface area contributed by atoms with Crippen LogP contribution in [0, 0.1) is 3.57 Å². The highest BCUT2D eigenvalue weighted by Gasteiger charge is 2.32. The maximum atomic E-state index is 13.4.